The van der Waals surface area contributed by atoms with Crippen LogP contribution in [0.15, 0.2) is 24.5 Å². The monoisotopic (exact) mass is 402 g/mol. The Bertz CT molecular complexity index is 602. The van der Waals surface area contributed by atoms with E-state index in [9.17, 15) is 4.79 Å². The molecule has 2 amide bonds. The van der Waals surface area contributed by atoms with Crippen LogP contribution >= 0.6 is 0 Å². The van der Waals surface area contributed by atoms with Crippen molar-refractivity contribution in [2.45, 2.75) is 64.5 Å². The molecule has 29 heavy (non-hydrogen) atoms. The zero-order valence-electron chi connectivity index (χ0n) is 18.2. The first kappa shape index (κ1) is 22.0. The molecular formula is C23H38N4O2. The van der Waals surface area contributed by atoms with Gasteiger partial charge in [-0.15, -0.1) is 0 Å². The third-order valence-corrected chi connectivity index (χ3v) is 6.67. The van der Waals surface area contributed by atoms with Gasteiger partial charge in [-0.1, -0.05) is 39.5 Å². The van der Waals surface area contributed by atoms with Crippen molar-refractivity contribution < 1.29 is 9.53 Å². The molecule has 2 saturated heterocycles. The standard InChI is InChI=1S/C23H38N4O2/c1-3-19(4-2)22(26-14-16-29-17-15-26)18-25-23(28)27-13-7-5-6-8-21(27)20-9-11-24-12-10-20/h9-12,19,21-22H,3-8,13-18H2,1-2H3,(H,25,28). The Kier molecular flexibility index (Phi) is 8.74. The molecule has 0 bridgehead atoms. The van der Waals surface area contributed by atoms with Crippen LogP contribution in [0.4, 0.5) is 4.79 Å². The predicted molar refractivity (Wildman–Crippen MR) is 116 cm³/mol. The second-order valence-corrected chi connectivity index (χ2v) is 8.32. The first-order chi connectivity index (χ1) is 14.2. The van der Waals surface area contributed by atoms with Gasteiger partial charge in [0.05, 0.1) is 19.3 Å². The maximum Gasteiger partial charge on any atom is 0.317 e. The van der Waals surface area contributed by atoms with Crippen LogP contribution in [-0.4, -0.2) is 66.2 Å². The number of amides is 2. The van der Waals surface area contributed by atoms with Crippen LogP contribution < -0.4 is 5.32 Å². The summed E-state index contributed by atoms with van der Waals surface area (Å²) in [5.74, 6) is 0.591. The number of ether oxygens (including phenoxy) is 1. The molecule has 1 N–H and O–H groups in total. The van der Waals surface area contributed by atoms with Crippen LogP contribution in [0, 0.1) is 5.92 Å². The molecule has 0 aromatic carbocycles. The molecule has 6 heteroatoms. The van der Waals surface area contributed by atoms with E-state index in [1.165, 1.54) is 18.4 Å². The smallest absolute Gasteiger partial charge is 0.317 e. The SMILES string of the molecule is CCC(CC)C(CNC(=O)N1CCCCCC1c1ccncc1)N1CCOCC1. The Balaban J connectivity index is 1.68. The van der Waals surface area contributed by atoms with Gasteiger partial charge in [-0.3, -0.25) is 9.88 Å². The summed E-state index contributed by atoms with van der Waals surface area (Å²) >= 11 is 0. The zero-order valence-corrected chi connectivity index (χ0v) is 18.2. The summed E-state index contributed by atoms with van der Waals surface area (Å²) in [4.78, 5) is 22.0. The number of aromatic nitrogens is 1. The van der Waals surface area contributed by atoms with Gasteiger partial charge < -0.3 is 15.0 Å². The highest BCUT2D eigenvalue weighted by Crippen LogP contribution is 2.30. The molecule has 0 saturated carbocycles. The zero-order chi connectivity index (χ0) is 20.5. The lowest BCUT2D eigenvalue weighted by atomic mass is 9.92. The van der Waals surface area contributed by atoms with Gasteiger partial charge in [-0.2, -0.15) is 0 Å². The maximum absolute atomic E-state index is 13.3. The normalized spacial score (nSPS) is 22.3. The lowest BCUT2D eigenvalue weighted by Gasteiger charge is -2.39. The molecule has 0 aliphatic carbocycles. The Hall–Kier alpha value is -1.66. The molecule has 2 aliphatic rings. The third-order valence-electron chi connectivity index (χ3n) is 6.67. The van der Waals surface area contributed by atoms with Crippen molar-refractivity contribution in [3.8, 4) is 0 Å². The van der Waals surface area contributed by atoms with Gasteiger partial charge >= 0.3 is 6.03 Å². The fraction of sp³-hybridized carbons (Fsp3) is 0.739. The highest BCUT2D eigenvalue weighted by molar-refractivity contribution is 5.74. The average Bonchev–Trinajstić information content (AvgIpc) is 3.04. The van der Waals surface area contributed by atoms with Gasteiger partial charge in [0.25, 0.3) is 0 Å². The highest BCUT2D eigenvalue weighted by atomic mass is 16.5. The molecule has 3 rings (SSSR count). The molecule has 0 radical (unpaired) electrons. The molecule has 2 unspecified atom stereocenters. The lowest BCUT2D eigenvalue weighted by Crippen LogP contribution is -2.53. The topological polar surface area (TPSA) is 57.7 Å². The molecule has 1 aromatic heterocycles. The summed E-state index contributed by atoms with van der Waals surface area (Å²) in [6, 6.07) is 4.71. The Morgan fingerprint density at radius 1 is 1.14 bits per heavy atom. The Labute approximate surface area is 176 Å². The predicted octanol–water partition coefficient (Wildman–Crippen LogP) is 3.85. The fourth-order valence-corrected chi connectivity index (χ4v) is 4.91. The molecule has 6 nitrogen and oxygen atoms in total. The van der Waals surface area contributed by atoms with E-state index in [0.29, 0.717) is 18.5 Å². The second kappa shape index (κ2) is 11.5. The van der Waals surface area contributed by atoms with Crippen molar-refractivity contribution in [3.63, 3.8) is 0 Å². The van der Waals surface area contributed by atoms with E-state index >= 15 is 0 Å². The van der Waals surface area contributed by atoms with Crippen molar-refractivity contribution in [1.82, 2.24) is 20.1 Å². The van der Waals surface area contributed by atoms with Gasteiger partial charge in [0.1, 0.15) is 0 Å². The van der Waals surface area contributed by atoms with Crippen LogP contribution in [0.2, 0.25) is 0 Å². The van der Waals surface area contributed by atoms with Crippen molar-refractivity contribution >= 4 is 6.03 Å². The number of carbonyl (C=O) groups excluding carboxylic acids is 1. The van der Waals surface area contributed by atoms with Crippen molar-refractivity contribution in [2.24, 2.45) is 5.92 Å². The molecule has 2 fully saturated rings. The van der Waals surface area contributed by atoms with Gasteiger partial charge in [0.2, 0.25) is 0 Å². The van der Waals surface area contributed by atoms with Gasteiger partial charge in [0.15, 0.2) is 0 Å². The summed E-state index contributed by atoms with van der Waals surface area (Å²) in [6.07, 6.45) is 10.4. The number of urea groups is 1. The number of pyridine rings is 1. The largest absolute Gasteiger partial charge is 0.379 e. The number of carbonyl (C=O) groups is 1. The first-order valence-electron chi connectivity index (χ1n) is 11.5. The Morgan fingerprint density at radius 3 is 2.55 bits per heavy atom. The van der Waals surface area contributed by atoms with Crippen LogP contribution in [0.5, 0.6) is 0 Å². The van der Waals surface area contributed by atoms with Crippen molar-refractivity contribution in [2.75, 3.05) is 39.4 Å². The van der Waals surface area contributed by atoms with E-state index in [1.54, 1.807) is 0 Å². The number of morpholine rings is 1. The fourth-order valence-electron chi connectivity index (χ4n) is 4.91. The maximum atomic E-state index is 13.3. The lowest BCUT2D eigenvalue weighted by molar-refractivity contribution is 0.00201. The second-order valence-electron chi connectivity index (χ2n) is 8.32. The number of nitrogens with zero attached hydrogens (tertiary/aromatic N) is 3. The summed E-state index contributed by atoms with van der Waals surface area (Å²) in [6.45, 7) is 9.56. The van der Waals surface area contributed by atoms with Gasteiger partial charge in [0, 0.05) is 44.6 Å². The number of likely N-dealkylation sites (tertiary alicyclic amines) is 1. The van der Waals surface area contributed by atoms with E-state index in [2.05, 4.69) is 46.1 Å². The summed E-state index contributed by atoms with van der Waals surface area (Å²) in [5, 5.41) is 3.32. The summed E-state index contributed by atoms with van der Waals surface area (Å²) < 4.78 is 5.55. The van der Waals surface area contributed by atoms with E-state index in [4.69, 9.17) is 4.74 Å². The molecular weight excluding hydrogens is 364 g/mol. The van der Waals surface area contributed by atoms with E-state index in [0.717, 1.165) is 58.5 Å². The van der Waals surface area contributed by atoms with Crippen LogP contribution in [0.3, 0.4) is 0 Å². The number of nitrogens with one attached hydrogen (secondary N) is 1. The van der Waals surface area contributed by atoms with Crippen LogP contribution in [-0.2, 0) is 4.74 Å². The third kappa shape index (κ3) is 5.92. The minimum Gasteiger partial charge on any atom is -0.379 e. The minimum atomic E-state index is 0.0814. The highest BCUT2D eigenvalue weighted by Gasteiger charge is 2.30. The van der Waals surface area contributed by atoms with E-state index < -0.39 is 0 Å². The number of hydrogen-bond donors (Lipinski definition) is 1. The van der Waals surface area contributed by atoms with E-state index in [-0.39, 0.29) is 12.1 Å². The van der Waals surface area contributed by atoms with Crippen molar-refractivity contribution in [3.05, 3.63) is 30.1 Å². The van der Waals surface area contributed by atoms with Gasteiger partial charge in [-0.05, 0) is 36.5 Å². The quantitative estimate of drug-likeness (QED) is 0.753. The van der Waals surface area contributed by atoms with Crippen LogP contribution in [0.25, 0.3) is 0 Å². The Morgan fingerprint density at radius 2 is 1.86 bits per heavy atom. The van der Waals surface area contributed by atoms with E-state index in [1.807, 2.05) is 12.4 Å². The van der Waals surface area contributed by atoms with Crippen molar-refractivity contribution in [1.29, 1.82) is 0 Å². The molecule has 1 aromatic rings. The number of hydrogen-bond acceptors (Lipinski definition) is 4. The molecule has 2 aliphatic heterocycles. The molecule has 162 valence electrons. The number of rotatable bonds is 7. The summed E-state index contributed by atoms with van der Waals surface area (Å²) in [5.41, 5.74) is 1.20. The molecule has 2 atom stereocenters. The summed E-state index contributed by atoms with van der Waals surface area (Å²) in [7, 11) is 0. The average molecular weight is 403 g/mol. The molecule has 0 spiro atoms. The minimum absolute atomic E-state index is 0.0814. The van der Waals surface area contributed by atoms with Gasteiger partial charge in [-0.25, -0.2) is 4.79 Å². The van der Waals surface area contributed by atoms with Crippen LogP contribution in [0.1, 0.15) is 64.0 Å². The first-order valence-corrected chi connectivity index (χ1v) is 11.5. The molecule has 3 heterocycles.